The molecule has 0 aliphatic heterocycles. The molecule has 0 aromatic heterocycles. The molecule has 0 saturated heterocycles. The average molecular weight is 374 g/mol. The van der Waals surface area contributed by atoms with Gasteiger partial charge in [0, 0.05) is 19.3 Å². The number of benzene rings is 2. The summed E-state index contributed by atoms with van der Waals surface area (Å²) in [6, 6.07) is 9.54. The van der Waals surface area contributed by atoms with E-state index < -0.39 is 5.97 Å². The predicted octanol–water partition coefficient (Wildman–Crippen LogP) is 4.45. The smallest absolute Gasteiger partial charge is 0.338 e. The van der Waals surface area contributed by atoms with Crippen molar-refractivity contribution in [3.8, 4) is 0 Å². The van der Waals surface area contributed by atoms with Crippen molar-refractivity contribution in [2.75, 3.05) is 18.9 Å². The number of anilines is 1. The molecule has 0 heterocycles. The number of hydrogen-bond donors (Lipinski definition) is 1. The Labute approximate surface area is 159 Å². The van der Waals surface area contributed by atoms with Crippen LogP contribution in [0.3, 0.4) is 0 Å². The van der Waals surface area contributed by atoms with Crippen molar-refractivity contribution in [2.24, 2.45) is 0 Å². The Kier molecular flexibility index (Phi) is 6.69. The van der Waals surface area contributed by atoms with E-state index in [9.17, 15) is 9.18 Å². The Morgan fingerprint density at radius 3 is 2.62 bits per heavy atom. The normalized spacial score (nSPS) is 10.3. The van der Waals surface area contributed by atoms with E-state index in [0.29, 0.717) is 16.2 Å². The molecule has 0 spiro atoms. The van der Waals surface area contributed by atoms with Gasteiger partial charge in [0.1, 0.15) is 12.4 Å². The lowest BCUT2D eigenvalue weighted by Gasteiger charge is -2.21. The number of nitrogens with one attached hydrogen (secondary N) is 1. The SMILES string of the molecule is CCN(C)C(=S)Nc1ccc(C(=O)OCc2cccc(F)c2)c(C)c1C. The summed E-state index contributed by atoms with van der Waals surface area (Å²) in [4.78, 5) is 14.3. The lowest BCUT2D eigenvalue weighted by molar-refractivity contribution is 0.0471. The molecule has 0 fully saturated rings. The highest BCUT2D eigenvalue weighted by atomic mass is 32.1. The minimum Gasteiger partial charge on any atom is -0.457 e. The zero-order chi connectivity index (χ0) is 19.3. The van der Waals surface area contributed by atoms with Crippen molar-refractivity contribution in [3.63, 3.8) is 0 Å². The molecular formula is C20H23FN2O2S. The molecule has 6 heteroatoms. The second-order valence-electron chi connectivity index (χ2n) is 6.06. The summed E-state index contributed by atoms with van der Waals surface area (Å²) in [5.74, 6) is -0.788. The standard InChI is InChI=1S/C20H23FN2O2S/c1-5-23(4)20(26)22-18-10-9-17(13(2)14(18)3)19(24)25-12-15-7-6-8-16(21)11-15/h6-11H,5,12H2,1-4H3,(H,22,26). The topological polar surface area (TPSA) is 41.6 Å². The summed E-state index contributed by atoms with van der Waals surface area (Å²) >= 11 is 5.34. The Balaban J connectivity index is 2.11. The van der Waals surface area contributed by atoms with Crippen LogP contribution in [0.15, 0.2) is 36.4 Å². The molecule has 0 bridgehead atoms. The maximum Gasteiger partial charge on any atom is 0.338 e. The third-order valence-electron chi connectivity index (χ3n) is 4.33. The zero-order valence-corrected chi connectivity index (χ0v) is 16.2. The first-order valence-electron chi connectivity index (χ1n) is 8.37. The van der Waals surface area contributed by atoms with Crippen molar-refractivity contribution < 1.29 is 13.9 Å². The molecule has 26 heavy (non-hydrogen) atoms. The Morgan fingerprint density at radius 1 is 1.23 bits per heavy atom. The average Bonchev–Trinajstić information content (AvgIpc) is 2.63. The summed E-state index contributed by atoms with van der Waals surface area (Å²) in [6.07, 6.45) is 0. The van der Waals surface area contributed by atoms with Gasteiger partial charge in [-0.3, -0.25) is 0 Å². The zero-order valence-electron chi connectivity index (χ0n) is 15.4. The maximum absolute atomic E-state index is 13.2. The van der Waals surface area contributed by atoms with E-state index in [1.54, 1.807) is 18.2 Å². The van der Waals surface area contributed by atoms with Gasteiger partial charge >= 0.3 is 5.97 Å². The number of thiocarbonyl (C=S) groups is 1. The van der Waals surface area contributed by atoms with Gasteiger partial charge in [-0.25, -0.2) is 9.18 Å². The molecule has 0 amide bonds. The molecule has 2 rings (SSSR count). The maximum atomic E-state index is 13.2. The summed E-state index contributed by atoms with van der Waals surface area (Å²) in [5.41, 5.74) is 3.70. The van der Waals surface area contributed by atoms with Gasteiger partial charge in [-0.2, -0.15) is 0 Å². The fourth-order valence-corrected chi connectivity index (χ4v) is 2.62. The van der Waals surface area contributed by atoms with Gasteiger partial charge < -0.3 is 15.0 Å². The molecule has 0 atom stereocenters. The van der Waals surface area contributed by atoms with Gasteiger partial charge in [0.05, 0.1) is 5.56 Å². The van der Waals surface area contributed by atoms with Gasteiger partial charge in [-0.05, 0) is 73.9 Å². The quantitative estimate of drug-likeness (QED) is 0.619. The number of halogens is 1. The largest absolute Gasteiger partial charge is 0.457 e. The fraction of sp³-hybridized carbons (Fsp3) is 0.300. The minimum atomic E-state index is -0.435. The van der Waals surface area contributed by atoms with E-state index >= 15 is 0 Å². The third-order valence-corrected chi connectivity index (χ3v) is 4.74. The van der Waals surface area contributed by atoms with Crippen LogP contribution in [0.25, 0.3) is 0 Å². The van der Waals surface area contributed by atoms with Crippen LogP contribution in [-0.4, -0.2) is 29.6 Å². The second-order valence-corrected chi connectivity index (χ2v) is 6.45. The first-order chi connectivity index (χ1) is 12.3. The Bertz CT molecular complexity index is 823. The van der Waals surface area contributed by atoms with E-state index in [2.05, 4.69) is 5.32 Å². The first-order valence-corrected chi connectivity index (χ1v) is 8.78. The Morgan fingerprint density at radius 2 is 1.96 bits per heavy atom. The second kappa shape index (κ2) is 8.76. The fourth-order valence-electron chi connectivity index (χ4n) is 2.38. The lowest BCUT2D eigenvalue weighted by atomic mass is 10.0. The van der Waals surface area contributed by atoms with Crippen LogP contribution in [0.2, 0.25) is 0 Å². The summed E-state index contributed by atoms with van der Waals surface area (Å²) in [7, 11) is 1.91. The molecule has 2 aromatic rings. The van der Waals surface area contributed by atoms with Crippen LogP contribution in [0.4, 0.5) is 10.1 Å². The van der Waals surface area contributed by atoms with Gasteiger partial charge in [0.2, 0.25) is 0 Å². The van der Waals surface area contributed by atoms with Gasteiger partial charge in [0.25, 0.3) is 0 Å². The number of carbonyl (C=O) groups excluding carboxylic acids is 1. The number of hydrogen-bond acceptors (Lipinski definition) is 3. The highest BCUT2D eigenvalue weighted by Crippen LogP contribution is 2.23. The molecule has 0 radical (unpaired) electrons. The predicted molar refractivity (Wildman–Crippen MR) is 106 cm³/mol. The van der Waals surface area contributed by atoms with Crippen LogP contribution >= 0.6 is 12.2 Å². The number of rotatable bonds is 5. The minimum absolute atomic E-state index is 0.0282. The molecule has 2 aromatic carbocycles. The summed E-state index contributed by atoms with van der Waals surface area (Å²) in [6.45, 7) is 6.64. The van der Waals surface area contributed by atoms with E-state index in [1.165, 1.54) is 12.1 Å². The highest BCUT2D eigenvalue weighted by molar-refractivity contribution is 7.80. The number of esters is 1. The molecule has 0 aliphatic carbocycles. The molecular weight excluding hydrogens is 351 g/mol. The van der Waals surface area contributed by atoms with E-state index in [0.717, 1.165) is 23.4 Å². The van der Waals surface area contributed by atoms with Gasteiger partial charge in [-0.15, -0.1) is 0 Å². The number of nitrogens with zero attached hydrogens (tertiary/aromatic N) is 1. The first kappa shape index (κ1) is 19.8. The van der Waals surface area contributed by atoms with Gasteiger partial charge in [0.15, 0.2) is 5.11 Å². The molecule has 138 valence electrons. The monoisotopic (exact) mass is 374 g/mol. The number of ether oxygens (including phenoxy) is 1. The third kappa shape index (κ3) is 4.79. The van der Waals surface area contributed by atoms with E-state index in [1.807, 2.05) is 38.8 Å². The van der Waals surface area contributed by atoms with Crippen LogP contribution in [0.1, 0.15) is 34.0 Å². The van der Waals surface area contributed by atoms with Crippen molar-refractivity contribution in [1.29, 1.82) is 0 Å². The molecule has 1 N–H and O–H groups in total. The molecule has 0 unspecified atom stereocenters. The van der Waals surface area contributed by atoms with Crippen LogP contribution in [0, 0.1) is 19.7 Å². The molecule has 4 nitrogen and oxygen atoms in total. The van der Waals surface area contributed by atoms with Crippen LogP contribution < -0.4 is 5.32 Å². The molecule has 0 aliphatic rings. The van der Waals surface area contributed by atoms with E-state index in [4.69, 9.17) is 17.0 Å². The van der Waals surface area contributed by atoms with Crippen molar-refractivity contribution in [2.45, 2.75) is 27.4 Å². The van der Waals surface area contributed by atoms with Crippen molar-refractivity contribution in [1.82, 2.24) is 4.90 Å². The summed E-state index contributed by atoms with van der Waals surface area (Å²) < 4.78 is 18.5. The number of carbonyl (C=O) groups is 1. The van der Waals surface area contributed by atoms with Crippen molar-refractivity contribution >= 4 is 29.0 Å². The van der Waals surface area contributed by atoms with Crippen molar-refractivity contribution in [3.05, 3.63) is 64.5 Å². The highest BCUT2D eigenvalue weighted by Gasteiger charge is 2.15. The van der Waals surface area contributed by atoms with Crippen LogP contribution in [0.5, 0.6) is 0 Å². The molecule has 0 saturated carbocycles. The van der Waals surface area contributed by atoms with Gasteiger partial charge in [-0.1, -0.05) is 12.1 Å². The Hall–Kier alpha value is -2.47. The lowest BCUT2D eigenvalue weighted by Crippen LogP contribution is -2.31. The summed E-state index contributed by atoms with van der Waals surface area (Å²) in [5, 5.41) is 3.82. The van der Waals surface area contributed by atoms with Crippen LogP contribution in [-0.2, 0) is 11.3 Å². The van der Waals surface area contributed by atoms with E-state index in [-0.39, 0.29) is 12.4 Å².